The fourth-order valence-corrected chi connectivity index (χ4v) is 1.94. The highest BCUT2D eigenvalue weighted by atomic mass is 79.9. The van der Waals surface area contributed by atoms with Crippen LogP contribution in [-0.2, 0) is 0 Å². The molecule has 0 aliphatic carbocycles. The van der Waals surface area contributed by atoms with E-state index in [1.165, 1.54) is 0 Å². The van der Waals surface area contributed by atoms with E-state index in [4.69, 9.17) is 4.52 Å². The van der Waals surface area contributed by atoms with Gasteiger partial charge in [0, 0.05) is 4.47 Å². The smallest absolute Gasteiger partial charge is 0.253 e. The Bertz CT molecular complexity index is 568. The molecule has 1 atom stereocenters. The Morgan fingerprint density at radius 2 is 2.17 bits per heavy atom. The molecule has 0 bridgehead atoms. The molecular formula is C12H12BrN3O2. The molecule has 94 valence electrons. The number of halogens is 1. The third-order valence-corrected chi connectivity index (χ3v) is 3.07. The zero-order valence-electron chi connectivity index (χ0n) is 9.98. The van der Waals surface area contributed by atoms with Crippen molar-refractivity contribution in [2.45, 2.75) is 19.9 Å². The van der Waals surface area contributed by atoms with Crippen molar-refractivity contribution in [1.29, 1.82) is 0 Å². The molecule has 5 nitrogen and oxygen atoms in total. The van der Waals surface area contributed by atoms with Crippen LogP contribution in [0.4, 0.5) is 0 Å². The van der Waals surface area contributed by atoms with E-state index in [2.05, 4.69) is 31.4 Å². The standard InChI is InChI=1S/C12H12BrN3O2/c1-7(12-15-8(2)16-18-12)14-11(17)9-5-3-4-6-10(9)13/h3-7H,1-2H3,(H,14,17)/t7-/m0/s1. The molecule has 1 amide bonds. The van der Waals surface area contributed by atoms with Crippen LogP contribution in [0, 0.1) is 6.92 Å². The number of hydrogen-bond donors (Lipinski definition) is 1. The van der Waals surface area contributed by atoms with Gasteiger partial charge in [0.05, 0.1) is 5.56 Å². The molecule has 0 aliphatic heterocycles. The molecule has 0 fully saturated rings. The number of amides is 1. The summed E-state index contributed by atoms with van der Waals surface area (Å²) < 4.78 is 5.75. The molecule has 2 aromatic rings. The van der Waals surface area contributed by atoms with Crippen molar-refractivity contribution < 1.29 is 9.32 Å². The number of nitrogens with zero attached hydrogens (tertiary/aromatic N) is 2. The van der Waals surface area contributed by atoms with Crippen LogP contribution >= 0.6 is 15.9 Å². The Morgan fingerprint density at radius 3 is 2.78 bits per heavy atom. The summed E-state index contributed by atoms with van der Waals surface area (Å²) in [7, 11) is 0. The summed E-state index contributed by atoms with van der Waals surface area (Å²) in [6, 6.07) is 6.89. The van der Waals surface area contributed by atoms with Crippen molar-refractivity contribution in [2.24, 2.45) is 0 Å². The van der Waals surface area contributed by atoms with Crippen LogP contribution < -0.4 is 5.32 Å². The first kappa shape index (κ1) is 12.8. The van der Waals surface area contributed by atoms with E-state index in [-0.39, 0.29) is 11.9 Å². The van der Waals surface area contributed by atoms with Crippen LogP contribution in [0.3, 0.4) is 0 Å². The lowest BCUT2D eigenvalue weighted by Crippen LogP contribution is -2.27. The minimum absolute atomic E-state index is 0.189. The van der Waals surface area contributed by atoms with E-state index in [9.17, 15) is 4.79 Å². The molecule has 2 rings (SSSR count). The van der Waals surface area contributed by atoms with E-state index < -0.39 is 0 Å². The zero-order valence-corrected chi connectivity index (χ0v) is 11.6. The fourth-order valence-electron chi connectivity index (χ4n) is 1.47. The summed E-state index contributed by atoms with van der Waals surface area (Å²) in [4.78, 5) is 16.1. The first-order chi connectivity index (χ1) is 8.58. The topological polar surface area (TPSA) is 68.0 Å². The third-order valence-electron chi connectivity index (χ3n) is 2.38. The summed E-state index contributed by atoms with van der Waals surface area (Å²) in [6.45, 7) is 3.52. The van der Waals surface area contributed by atoms with Crippen molar-refractivity contribution in [2.75, 3.05) is 0 Å². The van der Waals surface area contributed by atoms with Crippen LogP contribution in [-0.4, -0.2) is 16.0 Å². The zero-order chi connectivity index (χ0) is 13.1. The van der Waals surface area contributed by atoms with Crippen molar-refractivity contribution >= 4 is 21.8 Å². The third kappa shape index (κ3) is 2.76. The van der Waals surface area contributed by atoms with E-state index in [0.29, 0.717) is 17.3 Å². The number of aromatic nitrogens is 2. The van der Waals surface area contributed by atoms with E-state index in [1.54, 1.807) is 26.0 Å². The molecular weight excluding hydrogens is 298 g/mol. The second kappa shape index (κ2) is 5.30. The van der Waals surface area contributed by atoms with Crippen LogP contribution in [0.1, 0.15) is 35.0 Å². The number of aryl methyl sites for hydroxylation is 1. The Labute approximate surface area is 113 Å². The molecule has 1 heterocycles. The molecule has 0 radical (unpaired) electrons. The van der Waals surface area contributed by atoms with Gasteiger partial charge in [0.25, 0.3) is 5.91 Å². The largest absolute Gasteiger partial charge is 0.340 e. The molecule has 0 saturated carbocycles. The van der Waals surface area contributed by atoms with Gasteiger partial charge in [0.15, 0.2) is 5.82 Å². The summed E-state index contributed by atoms with van der Waals surface area (Å²) in [5.74, 6) is 0.755. The Hall–Kier alpha value is -1.69. The van der Waals surface area contributed by atoms with Crippen molar-refractivity contribution in [3.05, 3.63) is 46.0 Å². The highest BCUT2D eigenvalue weighted by molar-refractivity contribution is 9.10. The maximum Gasteiger partial charge on any atom is 0.253 e. The Morgan fingerprint density at radius 1 is 1.44 bits per heavy atom. The molecule has 18 heavy (non-hydrogen) atoms. The summed E-state index contributed by atoms with van der Waals surface area (Å²) in [5.41, 5.74) is 0.570. The molecule has 1 N–H and O–H groups in total. The maximum atomic E-state index is 12.0. The number of carbonyl (C=O) groups excluding carboxylic acids is 1. The van der Waals surface area contributed by atoms with Crippen LogP contribution in [0.25, 0.3) is 0 Å². The van der Waals surface area contributed by atoms with E-state index in [1.807, 2.05) is 12.1 Å². The molecule has 6 heteroatoms. The fraction of sp³-hybridized carbons (Fsp3) is 0.250. The van der Waals surface area contributed by atoms with Crippen molar-refractivity contribution in [3.63, 3.8) is 0 Å². The molecule has 0 spiro atoms. The van der Waals surface area contributed by atoms with Gasteiger partial charge in [-0.3, -0.25) is 4.79 Å². The molecule has 1 aromatic carbocycles. The predicted molar refractivity (Wildman–Crippen MR) is 69.1 cm³/mol. The number of rotatable bonds is 3. The van der Waals surface area contributed by atoms with Gasteiger partial charge in [-0.15, -0.1) is 0 Å². The Kier molecular flexibility index (Phi) is 3.76. The number of benzene rings is 1. The van der Waals surface area contributed by atoms with Gasteiger partial charge in [0.1, 0.15) is 6.04 Å². The first-order valence-electron chi connectivity index (χ1n) is 5.43. The summed E-state index contributed by atoms with van der Waals surface area (Å²) >= 11 is 3.33. The average molecular weight is 310 g/mol. The van der Waals surface area contributed by atoms with Crippen LogP contribution in [0.2, 0.25) is 0 Å². The lowest BCUT2D eigenvalue weighted by atomic mass is 10.2. The van der Waals surface area contributed by atoms with Gasteiger partial charge in [-0.05, 0) is 41.9 Å². The molecule has 0 unspecified atom stereocenters. The normalized spacial score (nSPS) is 12.2. The lowest BCUT2D eigenvalue weighted by Gasteiger charge is -2.10. The van der Waals surface area contributed by atoms with Gasteiger partial charge in [-0.2, -0.15) is 4.98 Å². The summed E-state index contributed by atoms with van der Waals surface area (Å²) in [5, 5.41) is 6.49. The number of nitrogens with one attached hydrogen (secondary N) is 1. The van der Waals surface area contributed by atoms with Crippen molar-refractivity contribution in [3.8, 4) is 0 Å². The van der Waals surface area contributed by atoms with Gasteiger partial charge >= 0.3 is 0 Å². The van der Waals surface area contributed by atoms with Gasteiger partial charge in [-0.25, -0.2) is 0 Å². The molecule has 0 saturated heterocycles. The molecule has 1 aromatic heterocycles. The van der Waals surface area contributed by atoms with Crippen molar-refractivity contribution in [1.82, 2.24) is 15.5 Å². The minimum Gasteiger partial charge on any atom is -0.340 e. The maximum absolute atomic E-state index is 12.0. The molecule has 0 aliphatic rings. The van der Waals surface area contributed by atoms with Gasteiger partial charge in [0.2, 0.25) is 5.89 Å². The average Bonchev–Trinajstić information content (AvgIpc) is 2.76. The lowest BCUT2D eigenvalue weighted by molar-refractivity contribution is 0.0931. The SMILES string of the molecule is Cc1noc([C@H](C)NC(=O)c2ccccc2Br)n1. The van der Waals surface area contributed by atoms with Gasteiger partial charge < -0.3 is 9.84 Å². The van der Waals surface area contributed by atoms with Crippen LogP contribution in [0.15, 0.2) is 33.3 Å². The predicted octanol–water partition coefficient (Wildman–Crippen LogP) is 2.63. The number of carbonyl (C=O) groups is 1. The number of hydrogen-bond acceptors (Lipinski definition) is 4. The second-order valence-corrected chi connectivity index (χ2v) is 4.71. The van der Waals surface area contributed by atoms with Gasteiger partial charge in [-0.1, -0.05) is 17.3 Å². The van der Waals surface area contributed by atoms with E-state index in [0.717, 1.165) is 4.47 Å². The van der Waals surface area contributed by atoms with E-state index >= 15 is 0 Å². The first-order valence-corrected chi connectivity index (χ1v) is 6.23. The monoisotopic (exact) mass is 309 g/mol. The van der Waals surface area contributed by atoms with Crippen LogP contribution in [0.5, 0.6) is 0 Å². The minimum atomic E-state index is -0.328. The summed E-state index contributed by atoms with van der Waals surface area (Å²) in [6.07, 6.45) is 0. The highest BCUT2D eigenvalue weighted by Crippen LogP contribution is 2.17. The highest BCUT2D eigenvalue weighted by Gasteiger charge is 2.17. The quantitative estimate of drug-likeness (QED) is 0.946. The second-order valence-electron chi connectivity index (χ2n) is 3.85. The Balaban J connectivity index is 2.10.